The van der Waals surface area contributed by atoms with Crippen molar-refractivity contribution in [2.24, 2.45) is 23.5 Å². The van der Waals surface area contributed by atoms with Crippen molar-refractivity contribution in [3.63, 3.8) is 0 Å². The van der Waals surface area contributed by atoms with E-state index >= 15 is 0 Å². The van der Waals surface area contributed by atoms with Crippen LogP contribution in [0, 0.1) is 45.4 Å². The third-order valence-corrected chi connectivity index (χ3v) is 21.5. The predicted octanol–water partition coefficient (Wildman–Crippen LogP) is 8.31. The molecule has 0 amide bonds. The monoisotopic (exact) mass is 1120 g/mol. The maximum atomic E-state index is 13.2. The first-order chi connectivity index (χ1) is 36.6. The Morgan fingerprint density at radius 1 is 0.584 bits per heavy atom. The Kier molecular flexibility index (Phi) is 28.3. The number of likely N-dealkylation sites (tertiary alicyclic amines) is 2. The molecule has 2 aliphatic heterocycles. The molecule has 2 heterocycles. The average Bonchev–Trinajstić information content (AvgIpc) is 3.41. The van der Waals surface area contributed by atoms with E-state index < -0.39 is 20.0 Å². The van der Waals surface area contributed by atoms with Crippen LogP contribution in [0.1, 0.15) is 140 Å². The lowest BCUT2D eigenvalue weighted by atomic mass is 9.81. The minimum Gasteiger partial charge on any atom is -0.497 e. The van der Waals surface area contributed by atoms with Crippen LogP contribution >= 0.6 is 0 Å². The summed E-state index contributed by atoms with van der Waals surface area (Å²) in [6, 6.07) is 8.83. The first kappa shape index (κ1) is 66.3. The molecule has 2 saturated heterocycles. The van der Waals surface area contributed by atoms with E-state index in [0.717, 1.165) is 48.1 Å². The van der Waals surface area contributed by atoms with Gasteiger partial charge in [-0.25, -0.2) is 21.1 Å². The summed E-state index contributed by atoms with van der Waals surface area (Å²) < 4.78 is 68.9. The normalized spacial score (nSPS) is 21.4. The van der Waals surface area contributed by atoms with E-state index in [2.05, 4.69) is 52.0 Å². The summed E-state index contributed by atoms with van der Waals surface area (Å²) in [5.74, 6) is 3.64. The number of carbonyl (C=O) groups excluding carboxylic acids is 2. The number of methoxy groups -OCH3 is 2. The Hall–Kier alpha value is -3.20. The number of hydrogen-bond donors (Lipinski definition) is 1. The molecular formula is C59H103N7O9S2. The van der Waals surface area contributed by atoms with Crippen LogP contribution in [0.15, 0.2) is 34.1 Å². The molecule has 440 valence electrons. The molecular weight excluding hydrogens is 1010 g/mol. The molecule has 0 unspecified atom stereocenters. The smallest absolute Gasteiger partial charge is 0.293 e. The van der Waals surface area contributed by atoms with Crippen LogP contribution in [-0.4, -0.2) is 189 Å². The van der Waals surface area contributed by atoms with Gasteiger partial charge in [0.2, 0.25) is 20.0 Å². The van der Waals surface area contributed by atoms with Crippen molar-refractivity contribution < 1.29 is 40.6 Å². The van der Waals surface area contributed by atoms with Gasteiger partial charge in [-0.2, -0.15) is 4.31 Å². The second-order valence-electron chi connectivity index (χ2n) is 22.5. The second kappa shape index (κ2) is 32.9. The van der Waals surface area contributed by atoms with Crippen LogP contribution in [0.25, 0.3) is 0 Å². The molecule has 0 radical (unpaired) electrons. The summed E-state index contributed by atoms with van der Waals surface area (Å²) in [4.78, 5) is 34.0. The van der Waals surface area contributed by atoms with Crippen molar-refractivity contribution in [2.45, 2.75) is 173 Å². The van der Waals surface area contributed by atoms with Crippen LogP contribution in [0.4, 0.5) is 0 Å². The molecule has 0 aromatic heterocycles. The average molecular weight is 1120 g/mol. The number of ether oxygens (including phenoxy) is 3. The summed E-state index contributed by atoms with van der Waals surface area (Å²) in [6.07, 6.45) is 16.0. The highest BCUT2D eigenvalue weighted by molar-refractivity contribution is 7.89. The van der Waals surface area contributed by atoms with Gasteiger partial charge >= 0.3 is 0 Å². The van der Waals surface area contributed by atoms with Gasteiger partial charge in [0.05, 0.1) is 24.0 Å². The van der Waals surface area contributed by atoms with E-state index in [1.54, 1.807) is 66.1 Å². The fourth-order valence-corrected chi connectivity index (χ4v) is 15.4. The number of nitrogens with two attached hydrogens (primary N) is 1. The van der Waals surface area contributed by atoms with E-state index in [1.807, 2.05) is 0 Å². The van der Waals surface area contributed by atoms with E-state index in [1.165, 1.54) is 135 Å². The Bertz CT molecular complexity index is 2250. The lowest BCUT2D eigenvalue weighted by Gasteiger charge is -2.41. The second-order valence-corrected chi connectivity index (χ2v) is 26.4. The van der Waals surface area contributed by atoms with E-state index in [0.29, 0.717) is 69.5 Å². The predicted molar refractivity (Wildman–Crippen MR) is 311 cm³/mol. The Morgan fingerprint density at radius 2 is 0.948 bits per heavy atom. The molecule has 0 atom stereocenters. The number of ketones is 1. The van der Waals surface area contributed by atoms with Gasteiger partial charge in [0.25, 0.3) is 6.47 Å². The first-order valence-corrected chi connectivity index (χ1v) is 32.0. The van der Waals surface area contributed by atoms with Gasteiger partial charge in [-0.1, -0.05) is 27.7 Å². The SMILES string of the molecule is CCN(CC)CC1CCN(C2CCC(CC(=O)CCN(C)S(=O)(=O)c3c(C)cc(OC)cc3C)CC2)CC1.CCN(CC)CC1CCN(C2CCC(N)CC2)CC1.COc1cc(C)c(S(=O)(=O)N(C)CCOC=O)c(C)c1. The number of benzene rings is 2. The van der Waals surface area contributed by atoms with E-state index in [-0.39, 0.29) is 36.8 Å². The number of sulfonamides is 2. The molecule has 4 fully saturated rings. The van der Waals surface area contributed by atoms with E-state index in [9.17, 15) is 26.4 Å². The molecule has 2 aromatic carbocycles. The number of nitrogens with zero attached hydrogens (tertiary/aromatic N) is 6. The van der Waals surface area contributed by atoms with Gasteiger partial charge < -0.3 is 39.5 Å². The summed E-state index contributed by atoms with van der Waals surface area (Å²) in [6.45, 7) is 29.1. The lowest BCUT2D eigenvalue weighted by Crippen LogP contribution is -2.46. The fraction of sp³-hybridized carbons (Fsp3) is 0.763. The van der Waals surface area contributed by atoms with Gasteiger partial charge in [0.15, 0.2) is 0 Å². The fourth-order valence-electron chi connectivity index (χ4n) is 12.2. The van der Waals surface area contributed by atoms with Gasteiger partial charge in [0, 0.05) is 71.2 Å². The molecule has 16 nitrogen and oxygen atoms in total. The van der Waals surface area contributed by atoms with Crippen molar-refractivity contribution in [1.29, 1.82) is 0 Å². The lowest BCUT2D eigenvalue weighted by molar-refractivity contribution is -0.128. The van der Waals surface area contributed by atoms with Gasteiger partial charge in [0.1, 0.15) is 23.9 Å². The molecule has 77 heavy (non-hydrogen) atoms. The number of hydrogen-bond acceptors (Lipinski definition) is 14. The number of rotatable bonds is 25. The minimum absolute atomic E-state index is 0.0213. The minimum atomic E-state index is -3.67. The number of aryl methyl sites for hydroxylation is 4. The molecule has 2 N–H and O–H groups in total. The Balaban J connectivity index is 0.000000275. The van der Waals surface area contributed by atoms with Crippen molar-refractivity contribution in [3.05, 3.63) is 46.5 Å². The summed E-state index contributed by atoms with van der Waals surface area (Å²) in [7, 11) is -1.17. The van der Waals surface area contributed by atoms with Crippen LogP contribution in [0.5, 0.6) is 11.5 Å². The molecule has 0 bridgehead atoms. The highest BCUT2D eigenvalue weighted by Crippen LogP contribution is 2.34. The molecule has 2 aromatic rings. The zero-order valence-corrected chi connectivity index (χ0v) is 51.3. The quantitative estimate of drug-likeness (QED) is 0.0742. The largest absolute Gasteiger partial charge is 0.497 e. The van der Waals surface area contributed by atoms with Gasteiger partial charge in [-0.3, -0.25) is 9.59 Å². The van der Waals surface area contributed by atoms with Crippen LogP contribution in [0.3, 0.4) is 0 Å². The third kappa shape index (κ3) is 20.1. The highest BCUT2D eigenvalue weighted by atomic mass is 32.2. The van der Waals surface area contributed by atoms with E-state index in [4.69, 9.17) is 15.2 Å². The highest BCUT2D eigenvalue weighted by Gasteiger charge is 2.32. The topological polar surface area (TPSA) is 176 Å². The van der Waals surface area contributed by atoms with Crippen LogP contribution < -0.4 is 15.2 Å². The zero-order valence-electron chi connectivity index (χ0n) is 49.7. The molecule has 2 aliphatic carbocycles. The summed E-state index contributed by atoms with van der Waals surface area (Å²) in [5.41, 5.74) is 8.56. The zero-order chi connectivity index (χ0) is 56.9. The van der Waals surface area contributed by atoms with Gasteiger partial charge in [-0.15, -0.1) is 0 Å². The number of Topliss-reactive ketones (excluding diaryl/α,β-unsaturated/α-hetero) is 1. The Morgan fingerprint density at radius 3 is 1.30 bits per heavy atom. The van der Waals surface area contributed by atoms with Crippen LogP contribution in [0.2, 0.25) is 0 Å². The molecule has 6 rings (SSSR count). The summed E-state index contributed by atoms with van der Waals surface area (Å²) >= 11 is 0. The molecule has 2 saturated carbocycles. The van der Waals surface area contributed by atoms with Crippen molar-refractivity contribution in [1.82, 2.24) is 28.2 Å². The third-order valence-electron chi connectivity index (χ3n) is 17.2. The maximum Gasteiger partial charge on any atom is 0.293 e. The first-order valence-electron chi connectivity index (χ1n) is 29.1. The van der Waals surface area contributed by atoms with Gasteiger partial charge in [-0.05, 0) is 221 Å². The number of piperidine rings is 2. The van der Waals surface area contributed by atoms with Crippen LogP contribution in [-0.2, 0) is 34.4 Å². The van der Waals surface area contributed by atoms with Crippen molar-refractivity contribution in [3.8, 4) is 11.5 Å². The van der Waals surface area contributed by atoms with Crippen molar-refractivity contribution in [2.75, 3.05) is 113 Å². The molecule has 0 spiro atoms. The molecule has 18 heteroatoms. The van der Waals surface area contributed by atoms with Crippen molar-refractivity contribution >= 4 is 32.3 Å². The summed E-state index contributed by atoms with van der Waals surface area (Å²) in [5, 5.41) is 0. The number of carbonyl (C=O) groups is 2. The Labute approximate surface area is 467 Å². The maximum absolute atomic E-state index is 13.2. The number of likely N-dealkylation sites (N-methyl/N-ethyl adjacent to an activating group) is 1. The standard InChI is InChI=1S/C30H51N3O4S.C16H33N3.C13H19NO5S/c1-7-32(8-2)22-26-13-17-33(18-14-26)27-11-9-25(10-12-27)21-28(34)15-16-31(5)38(35,36)30-23(3)19-29(37-6)20-24(30)4;1-3-18(4-2)13-14-9-11-19(12-10-14)16-7-5-15(17)6-8-16;1-10-7-12(18-4)8-11(2)13(10)20(16,17)14(3)5-6-19-9-15/h19-20,25-27H,7-18,21-22H2,1-6H3;14-16H,3-13,17H2,1-2H3;7-9H,5-6H2,1-4H3. The molecule has 4 aliphatic rings.